The van der Waals surface area contributed by atoms with Gasteiger partial charge in [0.25, 0.3) is 0 Å². The Balaban J connectivity index is 2.21. The summed E-state index contributed by atoms with van der Waals surface area (Å²) in [4.78, 5) is 27.8. The Hall–Kier alpha value is -2.58. The standard InChI is InChI=1S/C27H38ClN3O4S/c1-7-20(3)29-27(33)22(5)30(18-23-12-8-11-19(2)17-23)26(32)15-10-16-31(36(6,34)35)25-14-9-13-24(28)21(25)4/h8-9,11-14,17,20,22H,7,10,15-16,18H2,1-6H3,(H,29,33). The summed E-state index contributed by atoms with van der Waals surface area (Å²) in [5.74, 6) is -0.419. The Labute approximate surface area is 220 Å². The Morgan fingerprint density at radius 1 is 1.08 bits per heavy atom. The molecule has 0 aliphatic rings. The smallest absolute Gasteiger partial charge is 0.242 e. The molecule has 7 nitrogen and oxygen atoms in total. The molecule has 2 rings (SSSR count). The molecular formula is C27H38ClN3O4S. The van der Waals surface area contributed by atoms with Crippen LogP contribution in [0.2, 0.25) is 5.02 Å². The van der Waals surface area contributed by atoms with Crippen LogP contribution in [0.4, 0.5) is 5.69 Å². The lowest BCUT2D eigenvalue weighted by Gasteiger charge is -2.30. The van der Waals surface area contributed by atoms with Gasteiger partial charge >= 0.3 is 0 Å². The first-order valence-corrected chi connectivity index (χ1v) is 14.5. The SMILES string of the molecule is CCC(C)NC(=O)C(C)N(Cc1cccc(C)c1)C(=O)CCCN(c1cccc(Cl)c1C)S(C)(=O)=O. The van der Waals surface area contributed by atoms with E-state index in [1.807, 2.05) is 45.0 Å². The zero-order valence-electron chi connectivity index (χ0n) is 22.0. The molecular weight excluding hydrogens is 498 g/mol. The predicted octanol–water partition coefficient (Wildman–Crippen LogP) is 4.84. The summed E-state index contributed by atoms with van der Waals surface area (Å²) < 4.78 is 26.4. The first kappa shape index (κ1) is 29.6. The third-order valence-electron chi connectivity index (χ3n) is 6.26. The zero-order valence-corrected chi connectivity index (χ0v) is 23.6. The molecule has 2 aromatic rings. The van der Waals surface area contributed by atoms with Crippen molar-refractivity contribution in [3.05, 3.63) is 64.2 Å². The van der Waals surface area contributed by atoms with Crippen molar-refractivity contribution < 1.29 is 18.0 Å². The van der Waals surface area contributed by atoms with Gasteiger partial charge in [0, 0.05) is 30.6 Å². The highest BCUT2D eigenvalue weighted by Crippen LogP contribution is 2.28. The number of halogens is 1. The fourth-order valence-corrected chi connectivity index (χ4v) is 5.09. The van der Waals surface area contributed by atoms with Gasteiger partial charge in [-0.3, -0.25) is 13.9 Å². The molecule has 2 aromatic carbocycles. The minimum atomic E-state index is -3.59. The Bertz CT molecular complexity index is 1170. The fraction of sp³-hybridized carbons (Fsp3) is 0.481. The van der Waals surface area contributed by atoms with Gasteiger partial charge in [0.05, 0.1) is 11.9 Å². The molecule has 2 unspecified atom stereocenters. The van der Waals surface area contributed by atoms with Gasteiger partial charge in [0.15, 0.2) is 0 Å². The number of aryl methyl sites for hydroxylation is 1. The number of amides is 2. The van der Waals surface area contributed by atoms with Gasteiger partial charge in [0.1, 0.15) is 6.04 Å². The van der Waals surface area contributed by atoms with Crippen molar-refractivity contribution in [2.24, 2.45) is 0 Å². The molecule has 9 heteroatoms. The summed E-state index contributed by atoms with van der Waals surface area (Å²) in [6.07, 6.45) is 2.31. The minimum absolute atomic E-state index is 0.000117. The molecule has 0 saturated heterocycles. The maximum absolute atomic E-state index is 13.4. The number of rotatable bonds is 12. The summed E-state index contributed by atoms with van der Waals surface area (Å²) in [6.45, 7) is 9.80. The van der Waals surface area contributed by atoms with E-state index in [2.05, 4.69) is 5.32 Å². The quantitative estimate of drug-likeness (QED) is 0.421. The van der Waals surface area contributed by atoms with Crippen molar-refractivity contribution in [2.45, 2.75) is 72.5 Å². The number of carbonyl (C=O) groups excluding carboxylic acids is 2. The second kappa shape index (κ2) is 13.1. The lowest BCUT2D eigenvalue weighted by atomic mass is 10.1. The van der Waals surface area contributed by atoms with Crippen LogP contribution >= 0.6 is 11.6 Å². The maximum atomic E-state index is 13.4. The molecule has 2 atom stereocenters. The minimum Gasteiger partial charge on any atom is -0.352 e. The molecule has 0 fully saturated rings. The molecule has 0 heterocycles. The fourth-order valence-electron chi connectivity index (χ4n) is 3.90. The molecule has 0 aliphatic carbocycles. The lowest BCUT2D eigenvalue weighted by Crippen LogP contribution is -2.49. The van der Waals surface area contributed by atoms with Crippen LogP contribution in [0.5, 0.6) is 0 Å². The third kappa shape index (κ3) is 8.23. The number of carbonyl (C=O) groups is 2. The maximum Gasteiger partial charge on any atom is 0.242 e. The summed E-state index contributed by atoms with van der Waals surface area (Å²) in [7, 11) is -3.59. The second-order valence-corrected chi connectivity index (χ2v) is 11.6. The van der Waals surface area contributed by atoms with Crippen molar-refractivity contribution >= 4 is 39.1 Å². The predicted molar refractivity (Wildman–Crippen MR) is 147 cm³/mol. The Kier molecular flexibility index (Phi) is 10.8. The van der Waals surface area contributed by atoms with Crippen molar-refractivity contribution in [1.29, 1.82) is 0 Å². The number of nitrogens with one attached hydrogen (secondary N) is 1. The van der Waals surface area contributed by atoms with Crippen LogP contribution in [0.1, 0.15) is 56.7 Å². The van der Waals surface area contributed by atoms with Crippen LogP contribution in [0, 0.1) is 13.8 Å². The van der Waals surface area contributed by atoms with Crippen LogP contribution < -0.4 is 9.62 Å². The highest BCUT2D eigenvalue weighted by atomic mass is 35.5. The van der Waals surface area contributed by atoms with Crippen molar-refractivity contribution in [3.63, 3.8) is 0 Å². The number of hydrogen-bond donors (Lipinski definition) is 1. The zero-order chi connectivity index (χ0) is 27.0. The van der Waals surface area contributed by atoms with Gasteiger partial charge in [-0.1, -0.05) is 54.4 Å². The average molecular weight is 536 g/mol. The van der Waals surface area contributed by atoms with E-state index in [1.165, 1.54) is 4.31 Å². The number of sulfonamides is 1. The van der Waals surface area contributed by atoms with Crippen LogP contribution in [0.25, 0.3) is 0 Å². The second-order valence-electron chi connectivity index (χ2n) is 9.33. The number of anilines is 1. The molecule has 0 radical (unpaired) electrons. The molecule has 0 bridgehead atoms. The first-order valence-electron chi connectivity index (χ1n) is 12.2. The monoisotopic (exact) mass is 535 g/mol. The van der Waals surface area contributed by atoms with Crippen LogP contribution in [0.15, 0.2) is 42.5 Å². The van der Waals surface area contributed by atoms with E-state index >= 15 is 0 Å². The van der Waals surface area contributed by atoms with Gasteiger partial charge in [0.2, 0.25) is 21.8 Å². The summed E-state index contributed by atoms with van der Waals surface area (Å²) >= 11 is 6.21. The van der Waals surface area contributed by atoms with E-state index in [0.29, 0.717) is 29.2 Å². The lowest BCUT2D eigenvalue weighted by molar-refractivity contribution is -0.140. The van der Waals surface area contributed by atoms with Gasteiger partial charge in [-0.25, -0.2) is 8.42 Å². The van der Waals surface area contributed by atoms with Crippen LogP contribution in [-0.2, 0) is 26.2 Å². The van der Waals surface area contributed by atoms with E-state index in [4.69, 9.17) is 11.6 Å². The highest BCUT2D eigenvalue weighted by Gasteiger charge is 2.27. The molecule has 36 heavy (non-hydrogen) atoms. The van der Waals surface area contributed by atoms with E-state index in [9.17, 15) is 18.0 Å². The molecule has 0 saturated carbocycles. The van der Waals surface area contributed by atoms with Gasteiger partial charge < -0.3 is 10.2 Å². The molecule has 0 aromatic heterocycles. The van der Waals surface area contributed by atoms with Gasteiger partial charge in [-0.05, 0) is 63.8 Å². The first-order chi connectivity index (χ1) is 16.8. The molecule has 1 N–H and O–H groups in total. The van der Waals surface area contributed by atoms with E-state index < -0.39 is 16.1 Å². The van der Waals surface area contributed by atoms with Crippen molar-refractivity contribution in [1.82, 2.24) is 10.2 Å². The largest absolute Gasteiger partial charge is 0.352 e. The van der Waals surface area contributed by atoms with E-state index in [1.54, 1.807) is 36.9 Å². The number of benzene rings is 2. The molecule has 0 spiro atoms. The normalized spacial score (nSPS) is 13.1. The van der Waals surface area contributed by atoms with Crippen molar-refractivity contribution in [3.8, 4) is 0 Å². The average Bonchev–Trinajstić information content (AvgIpc) is 2.81. The number of hydrogen-bond acceptors (Lipinski definition) is 4. The molecule has 198 valence electrons. The van der Waals surface area contributed by atoms with E-state index in [0.717, 1.165) is 23.8 Å². The Morgan fingerprint density at radius 3 is 2.36 bits per heavy atom. The van der Waals surface area contributed by atoms with Crippen molar-refractivity contribution in [2.75, 3.05) is 17.1 Å². The topological polar surface area (TPSA) is 86.8 Å². The summed E-state index contributed by atoms with van der Waals surface area (Å²) in [5.41, 5.74) is 3.15. The van der Waals surface area contributed by atoms with E-state index in [-0.39, 0.29) is 30.8 Å². The van der Waals surface area contributed by atoms with Gasteiger partial charge in [-0.2, -0.15) is 0 Å². The number of nitrogens with zero attached hydrogens (tertiary/aromatic N) is 2. The van der Waals surface area contributed by atoms with Crippen LogP contribution in [0.3, 0.4) is 0 Å². The van der Waals surface area contributed by atoms with Crippen LogP contribution in [-0.4, -0.2) is 50.0 Å². The molecule has 2 amide bonds. The summed E-state index contributed by atoms with van der Waals surface area (Å²) in [5, 5.41) is 3.43. The summed E-state index contributed by atoms with van der Waals surface area (Å²) in [6, 6.07) is 12.3. The highest BCUT2D eigenvalue weighted by molar-refractivity contribution is 7.92. The molecule has 0 aliphatic heterocycles. The Morgan fingerprint density at radius 2 is 1.75 bits per heavy atom. The third-order valence-corrected chi connectivity index (χ3v) is 7.85. The van der Waals surface area contributed by atoms with Gasteiger partial charge in [-0.15, -0.1) is 0 Å².